The minimum atomic E-state index is -1.68. The van der Waals surface area contributed by atoms with Crippen molar-refractivity contribution in [2.45, 2.75) is 31.5 Å². The Morgan fingerprint density at radius 1 is 0.900 bits per heavy atom. The number of allylic oxidation sites excluding steroid dienone is 4. The molecule has 0 aromatic heterocycles. The van der Waals surface area contributed by atoms with Gasteiger partial charge in [0.25, 0.3) is 0 Å². The summed E-state index contributed by atoms with van der Waals surface area (Å²) in [6, 6.07) is 12.1. The second kappa shape index (κ2) is 8.62. The van der Waals surface area contributed by atoms with Gasteiger partial charge < -0.3 is 9.47 Å². The van der Waals surface area contributed by atoms with Crippen molar-refractivity contribution in [2.75, 3.05) is 13.2 Å². The van der Waals surface area contributed by atoms with Crippen LogP contribution in [0.1, 0.15) is 24.0 Å². The zero-order valence-corrected chi connectivity index (χ0v) is 16.7. The second-order valence-electron chi connectivity index (χ2n) is 7.62. The fourth-order valence-electron chi connectivity index (χ4n) is 3.78. The highest BCUT2D eigenvalue weighted by Crippen LogP contribution is 2.34. The van der Waals surface area contributed by atoms with Gasteiger partial charge in [0.15, 0.2) is 18.6 Å². The molecular weight excluding hydrogens is 389 g/mol. The Hall–Kier alpha value is -2.63. The summed E-state index contributed by atoms with van der Waals surface area (Å²) >= 11 is 0. The van der Waals surface area contributed by atoms with Crippen molar-refractivity contribution in [1.29, 1.82) is 0 Å². The van der Waals surface area contributed by atoms with Gasteiger partial charge in [0.1, 0.15) is 5.82 Å². The van der Waals surface area contributed by atoms with E-state index in [-0.39, 0.29) is 11.7 Å². The van der Waals surface area contributed by atoms with Crippen molar-refractivity contribution < 1.29 is 22.6 Å². The molecule has 1 saturated heterocycles. The Labute approximate surface area is 174 Å². The van der Waals surface area contributed by atoms with Gasteiger partial charge in [0.05, 0.1) is 13.2 Å². The molecule has 0 saturated carbocycles. The van der Waals surface area contributed by atoms with Gasteiger partial charge >= 0.3 is 0 Å². The van der Waals surface area contributed by atoms with Gasteiger partial charge in [-0.2, -0.15) is 0 Å². The van der Waals surface area contributed by atoms with Crippen LogP contribution in [-0.4, -0.2) is 31.8 Å². The van der Waals surface area contributed by atoms with Crippen LogP contribution >= 0.6 is 0 Å². The Morgan fingerprint density at radius 2 is 1.53 bits per heavy atom. The number of benzene rings is 2. The van der Waals surface area contributed by atoms with Crippen molar-refractivity contribution in [3.8, 4) is 11.1 Å². The topological polar surface area (TPSA) is 18.5 Å². The summed E-state index contributed by atoms with van der Waals surface area (Å²) in [5, 5.41) is 0. The van der Waals surface area contributed by atoms with Crippen LogP contribution in [0.15, 0.2) is 72.8 Å². The zero-order valence-electron chi connectivity index (χ0n) is 16.7. The number of alkyl halides is 2. The molecule has 2 unspecified atom stereocenters. The van der Waals surface area contributed by atoms with E-state index in [0.29, 0.717) is 41.1 Å². The van der Waals surface area contributed by atoms with Crippen LogP contribution in [0.5, 0.6) is 0 Å². The number of hydrogen-bond acceptors (Lipinski definition) is 2. The molecule has 156 valence electrons. The standard InChI is InChI=1S/C25H23F3O2/c1-3-23-29-13-19(14-30-23)20-11-9-18(12-22(20)26)16-5-7-17(8-6-16)21-10-4-15(2)24(27)25(21)28/h3-12,19,23-25H,1,13-14H2,2H3. The lowest BCUT2D eigenvalue weighted by atomic mass is 9.90. The maximum absolute atomic E-state index is 14.8. The van der Waals surface area contributed by atoms with Crippen molar-refractivity contribution in [3.63, 3.8) is 0 Å². The average Bonchev–Trinajstić information content (AvgIpc) is 2.78. The van der Waals surface area contributed by atoms with Crippen LogP contribution in [0.2, 0.25) is 0 Å². The smallest absolute Gasteiger partial charge is 0.176 e. The van der Waals surface area contributed by atoms with Crippen molar-refractivity contribution in [2.24, 2.45) is 0 Å². The van der Waals surface area contributed by atoms with Gasteiger partial charge in [-0.25, -0.2) is 13.2 Å². The molecule has 30 heavy (non-hydrogen) atoms. The van der Waals surface area contributed by atoms with Gasteiger partial charge in [0, 0.05) is 5.92 Å². The molecule has 1 fully saturated rings. The summed E-state index contributed by atoms with van der Waals surface area (Å²) in [4.78, 5) is 0. The predicted molar refractivity (Wildman–Crippen MR) is 112 cm³/mol. The molecular formula is C25H23F3O2. The fourth-order valence-corrected chi connectivity index (χ4v) is 3.78. The lowest BCUT2D eigenvalue weighted by Gasteiger charge is -2.28. The quantitative estimate of drug-likeness (QED) is 0.561. The first-order valence-electron chi connectivity index (χ1n) is 9.90. The zero-order chi connectivity index (χ0) is 21.3. The van der Waals surface area contributed by atoms with E-state index < -0.39 is 18.6 Å². The second-order valence-corrected chi connectivity index (χ2v) is 7.62. The van der Waals surface area contributed by atoms with Gasteiger partial charge in [0.2, 0.25) is 0 Å². The van der Waals surface area contributed by atoms with Crippen LogP contribution in [0.25, 0.3) is 16.7 Å². The first-order valence-corrected chi connectivity index (χ1v) is 9.90. The lowest BCUT2D eigenvalue weighted by Crippen LogP contribution is -2.29. The number of ether oxygens (including phenoxy) is 2. The molecule has 0 bridgehead atoms. The molecule has 1 aliphatic heterocycles. The van der Waals surface area contributed by atoms with Crippen LogP contribution in [-0.2, 0) is 9.47 Å². The summed E-state index contributed by atoms with van der Waals surface area (Å²) in [7, 11) is 0. The van der Waals surface area contributed by atoms with E-state index in [1.54, 1.807) is 55.5 Å². The van der Waals surface area contributed by atoms with Gasteiger partial charge in [-0.05, 0) is 52.5 Å². The molecule has 2 aliphatic rings. The molecule has 0 radical (unpaired) electrons. The molecule has 2 nitrogen and oxygen atoms in total. The minimum absolute atomic E-state index is 0.178. The summed E-state index contributed by atoms with van der Waals surface area (Å²) in [6.45, 7) is 5.93. The lowest BCUT2D eigenvalue weighted by molar-refractivity contribution is -0.159. The Balaban J connectivity index is 1.52. The van der Waals surface area contributed by atoms with Crippen molar-refractivity contribution in [1.82, 2.24) is 0 Å². The van der Waals surface area contributed by atoms with Crippen molar-refractivity contribution in [3.05, 3.63) is 89.8 Å². The first kappa shape index (κ1) is 20.6. The number of rotatable bonds is 4. The maximum atomic E-state index is 14.8. The van der Waals surface area contributed by atoms with E-state index in [9.17, 15) is 13.2 Å². The molecule has 2 atom stereocenters. The van der Waals surface area contributed by atoms with E-state index in [4.69, 9.17) is 9.47 Å². The Bertz CT molecular complexity index is 986. The molecule has 2 aromatic rings. The molecule has 4 rings (SSSR count). The van der Waals surface area contributed by atoms with Crippen LogP contribution in [0.3, 0.4) is 0 Å². The van der Waals surface area contributed by atoms with E-state index in [1.165, 1.54) is 6.07 Å². The SMILES string of the molecule is C=CC1OCC(c2ccc(-c3ccc(C4=CC=C(C)C(F)C4F)cc3)cc2F)CO1. The highest BCUT2D eigenvalue weighted by molar-refractivity contribution is 5.75. The Kier molecular flexibility index (Phi) is 5.93. The van der Waals surface area contributed by atoms with Gasteiger partial charge in [-0.1, -0.05) is 55.1 Å². The summed E-state index contributed by atoms with van der Waals surface area (Å²) in [6.07, 6.45) is 1.04. The van der Waals surface area contributed by atoms with E-state index in [2.05, 4.69) is 6.58 Å². The van der Waals surface area contributed by atoms with Gasteiger partial charge in [-0.3, -0.25) is 0 Å². The monoisotopic (exact) mass is 412 g/mol. The predicted octanol–water partition coefficient (Wildman–Crippen LogP) is 6.15. The normalized spacial score (nSPS) is 26.7. The first-order chi connectivity index (χ1) is 14.5. The maximum Gasteiger partial charge on any atom is 0.176 e. The molecule has 1 heterocycles. The number of halogens is 3. The summed E-state index contributed by atoms with van der Waals surface area (Å²) in [5.74, 6) is -0.506. The fraction of sp³-hybridized carbons (Fsp3) is 0.280. The largest absolute Gasteiger partial charge is 0.348 e. The van der Waals surface area contributed by atoms with Crippen molar-refractivity contribution >= 4 is 5.57 Å². The third-order valence-electron chi connectivity index (χ3n) is 5.62. The van der Waals surface area contributed by atoms with Crippen LogP contribution in [0, 0.1) is 5.82 Å². The third kappa shape index (κ3) is 4.00. The summed E-state index contributed by atoms with van der Waals surface area (Å²) < 4.78 is 54.1. The molecule has 2 aromatic carbocycles. The van der Waals surface area contributed by atoms with Crippen LogP contribution < -0.4 is 0 Å². The molecule has 5 heteroatoms. The highest BCUT2D eigenvalue weighted by atomic mass is 19.2. The molecule has 0 amide bonds. The van der Waals surface area contributed by atoms with Crippen LogP contribution in [0.4, 0.5) is 13.2 Å². The number of hydrogen-bond donors (Lipinski definition) is 0. The molecule has 1 aliphatic carbocycles. The van der Waals surface area contributed by atoms with Gasteiger partial charge in [-0.15, -0.1) is 0 Å². The van der Waals surface area contributed by atoms with E-state index in [0.717, 1.165) is 5.56 Å². The minimum Gasteiger partial charge on any atom is -0.348 e. The highest BCUT2D eigenvalue weighted by Gasteiger charge is 2.29. The molecule has 0 spiro atoms. The van der Waals surface area contributed by atoms with E-state index in [1.807, 2.05) is 6.07 Å². The van der Waals surface area contributed by atoms with E-state index >= 15 is 0 Å². The average molecular weight is 412 g/mol. The Morgan fingerprint density at radius 3 is 2.17 bits per heavy atom. The summed E-state index contributed by atoms with van der Waals surface area (Å²) in [5.41, 5.74) is 3.36. The third-order valence-corrected chi connectivity index (χ3v) is 5.62. The molecule has 0 N–H and O–H groups in total.